The molecule has 0 aliphatic heterocycles. The zero-order valence-corrected chi connectivity index (χ0v) is 5.37. The summed E-state index contributed by atoms with van der Waals surface area (Å²) < 4.78 is 0. The van der Waals surface area contributed by atoms with Crippen LogP contribution in [0.4, 0.5) is 0 Å². The van der Waals surface area contributed by atoms with E-state index >= 15 is 0 Å². The Kier molecular flexibility index (Phi) is 2.84. The smallest absolute Gasteiger partial charge is 0.332 e. The SMILES string of the molecule is CC(C)C(N=O)C(=O)O. The fourth-order valence-corrected chi connectivity index (χ4v) is 0.452. The molecule has 0 fully saturated rings. The number of carboxylic acids is 1. The molecule has 0 aromatic carbocycles. The molecule has 4 heteroatoms. The minimum Gasteiger partial charge on any atom is -0.480 e. The van der Waals surface area contributed by atoms with E-state index in [1.54, 1.807) is 13.8 Å². The minimum absolute atomic E-state index is 0.222. The first-order valence-corrected chi connectivity index (χ1v) is 2.65. The van der Waals surface area contributed by atoms with E-state index in [9.17, 15) is 9.70 Å². The average Bonchev–Trinajstić information content (AvgIpc) is 1.64. The Morgan fingerprint density at radius 1 is 1.56 bits per heavy atom. The Hall–Kier alpha value is -0.930. The summed E-state index contributed by atoms with van der Waals surface area (Å²) in [6.45, 7) is 3.28. The van der Waals surface area contributed by atoms with Gasteiger partial charge in [0.1, 0.15) is 0 Å². The van der Waals surface area contributed by atoms with E-state index in [1.165, 1.54) is 0 Å². The van der Waals surface area contributed by atoms with Crippen molar-refractivity contribution in [2.45, 2.75) is 19.9 Å². The normalized spacial score (nSPS) is 13.2. The van der Waals surface area contributed by atoms with Crippen molar-refractivity contribution in [2.24, 2.45) is 11.1 Å². The Balaban J connectivity index is 3.98. The van der Waals surface area contributed by atoms with E-state index in [-0.39, 0.29) is 5.92 Å². The number of hydrogen-bond acceptors (Lipinski definition) is 3. The van der Waals surface area contributed by atoms with E-state index in [4.69, 9.17) is 5.11 Å². The fourth-order valence-electron chi connectivity index (χ4n) is 0.452. The molecule has 0 spiro atoms. The molecule has 0 saturated carbocycles. The van der Waals surface area contributed by atoms with Gasteiger partial charge in [0.05, 0.1) is 0 Å². The van der Waals surface area contributed by atoms with Gasteiger partial charge in [0.25, 0.3) is 0 Å². The van der Waals surface area contributed by atoms with Crippen LogP contribution < -0.4 is 0 Å². The summed E-state index contributed by atoms with van der Waals surface area (Å²) in [6.07, 6.45) is 0. The van der Waals surface area contributed by atoms with Gasteiger partial charge in [0.2, 0.25) is 0 Å². The lowest BCUT2D eigenvalue weighted by Crippen LogP contribution is -2.22. The largest absolute Gasteiger partial charge is 0.480 e. The first kappa shape index (κ1) is 8.07. The highest BCUT2D eigenvalue weighted by molar-refractivity contribution is 5.73. The van der Waals surface area contributed by atoms with Crippen LogP contribution in [-0.2, 0) is 4.79 Å². The summed E-state index contributed by atoms with van der Waals surface area (Å²) in [4.78, 5) is 19.8. The predicted molar refractivity (Wildman–Crippen MR) is 32.1 cm³/mol. The molecule has 1 atom stereocenters. The molecule has 1 N–H and O–H groups in total. The molecule has 0 aliphatic rings. The van der Waals surface area contributed by atoms with Gasteiger partial charge >= 0.3 is 5.97 Å². The number of carboxylic acid groups (broad SMARTS) is 1. The minimum atomic E-state index is -1.15. The number of nitrogens with zero attached hydrogens (tertiary/aromatic N) is 1. The lowest BCUT2D eigenvalue weighted by atomic mass is 10.1. The number of hydrogen-bond donors (Lipinski definition) is 1. The molecule has 4 nitrogen and oxygen atoms in total. The maximum absolute atomic E-state index is 10.1. The molecule has 0 heterocycles. The molecule has 0 amide bonds. The maximum Gasteiger partial charge on any atom is 0.332 e. The highest BCUT2D eigenvalue weighted by atomic mass is 16.4. The molecule has 0 rings (SSSR count). The molecule has 0 aromatic rings. The third-order valence-corrected chi connectivity index (χ3v) is 0.998. The first-order chi connectivity index (χ1) is 4.09. The van der Waals surface area contributed by atoms with E-state index in [1.807, 2.05) is 0 Å². The molecule has 9 heavy (non-hydrogen) atoms. The van der Waals surface area contributed by atoms with Gasteiger partial charge in [-0.2, -0.15) is 0 Å². The van der Waals surface area contributed by atoms with Crippen LogP contribution in [0.15, 0.2) is 5.18 Å². The van der Waals surface area contributed by atoms with Gasteiger partial charge in [0.15, 0.2) is 6.04 Å². The van der Waals surface area contributed by atoms with Crippen molar-refractivity contribution in [1.29, 1.82) is 0 Å². The van der Waals surface area contributed by atoms with Crippen molar-refractivity contribution in [2.75, 3.05) is 0 Å². The van der Waals surface area contributed by atoms with Gasteiger partial charge in [-0.25, -0.2) is 4.79 Å². The van der Waals surface area contributed by atoms with E-state index in [0.29, 0.717) is 0 Å². The summed E-state index contributed by atoms with van der Waals surface area (Å²) in [5.41, 5.74) is 0. The number of nitroso groups, excluding NO2 is 1. The van der Waals surface area contributed by atoms with E-state index in [2.05, 4.69) is 5.18 Å². The zero-order valence-electron chi connectivity index (χ0n) is 5.37. The van der Waals surface area contributed by atoms with Crippen molar-refractivity contribution in [3.8, 4) is 0 Å². The molecule has 0 aliphatic carbocycles. The van der Waals surface area contributed by atoms with Gasteiger partial charge in [-0.3, -0.25) is 0 Å². The fraction of sp³-hybridized carbons (Fsp3) is 0.800. The van der Waals surface area contributed by atoms with Crippen LogP contribution in [0.1, 0.15) is 13.8 Å². The van der Waals surface area contributed by atoms with E-state index in [0.717, 1.165) is 0 Å². The van der Waals surface area contributed by atoms with Crippen LogP contribution in [0.25, 0.3) is 0 Å². The molecule has 0 bridgehead atoms. The van der Waals surface area contributed by atoms with Gasteiger partial charge in [-0.15, -0.1) is 4.91 Å². The van der Waals surface area contributed by atoms with Gasteiger partial charge < -0.3 is 5.11 Å². The Morgan fingerprint density at radius 3 is 2.00 bits per heavy atom. The van der Waals surface area contributed by atoms with Crippen LogP contribution in [-0.4, -0.2) is 17.1 Å². The second kappa shape index (κ2) is 3.17. The Bertz CT molecular complexity index is 121. The third-order valence-electron chi connectivity index (χ3n) is 0.998. The van der Waals surface area contributed by atoms with Gasteiger partial charge in [0, 0.05) is 0 Å². The Morgan fingerprint density at radius 2 is 2.00 bits per heavy atom. The molecular formula is C5H9NO3. The molecular weight excluding hydrogens is 122 g/mol. The van der Waals surface area contributed by atoms with Crippen molar-refractivity contribution in [1.82, 2.24) is 0 Å². The van der Waals surface area contributed by atoms with Crippen molar-refractivity contribution < 1.29 is 9.90 Å². The van der Waals surface area contributed by atoms with Crippen molar-refractivity contribution in [3.05, 3.63) is 4.91 Å². The second-order valence-electron chi connectivity index (χ2n) is 2.13. The van der Waals surface area contributed by atoms with E-state index < -0.39 is 12.0 Å². The van der Waals surface area contributed by atoms with Gasteiger partial charge in [-0.1, -0.05) is 19.0 Å². The van der Waals surface area contributed by atoms with Crippen molar-refractivity contribution >= 4 is 5.97 Å². The molecule has 0 saturated heterocycles. The van der Waals surface area contributed by atoms with Gasteiger partial charge in [-0.05, 0) is 5.92 Å². The number of carbonyl (C=O) groups is 1. The summed E-state index contributed by atoms with van der Waals surface area (Å²) in [6, 6.07) is -1.09. The highest BCUT2D eigenvalue weighted by Gasteiger charge is 2.21. The highest BCUT2D eigenvalue weighted by Crippen LogP contribution is 2.04. The third kappa shape index (κ3) is 2.21. The standard InChI is InChI=1S/C5H9NO3/c1-3(2)4(6-9)5(7)8/h3-4H,1-2H3,(H,7,8). The molecule has 0 radical (unpaired) electrons. The first-order valence-electron chi connectivity index (χ1n) is 2.65. The zero-order chi connectivity index (χ0) is 7.44. The van der Waals surface area contributed by atoms with Crippen LogP contribution in [0, 0.1) is 10.8 Å². The lowest BCUT2D eigenvalue weighted by Gasteiger charge is -2.04. The summed E-state index contributed by atoms with van der Waals surface area (Å²) in [7, 11) is 0. The summed E-state index contributed by atoms with van der Waals surface area (Å²) in [5.74, 6) is -1.38. The van der Waals surface area contributed by atoms with Crippen LogP contribution in [0.3, 0.4) is 0 Å². The Labute approximate surface area is 52.8 Å². The second-order valence-corrected chi connectivity index (χ2v) is 2.13. The molecule has 52 valence electrons. The number of aliphatic carboxylic acids is 1. The average molecular weight is 131 g/mol. The molecule has 0 aromatic heterocycles. The monoisotopic (exact) mass is 131 g/mol. The lowest BCUT2D eigenvalue weighted by molar-refractivity contribution is -0.139. The summed E-state index contributed by atoms with van der Waals surface area (Å²) in [5, 5.41) is 10.7. The number of rotatable bonds is 3. The topological polar surface area (TPSA) is 66.7 Å². The predicted octanol–water partition coefficient (Wildman–Crippen LogP) is 0.862. The summed E-state index contributed by atoms with van der Waals surface area (Å²) >= 11 is 0. The van der Waals surface area contributed by atoms with Crippen LogP contribution in [0.5, 0.6) is 0 Å². The van der Waals surface area contributed by atoms with Crippen LogP contribution >= 0.6 is 0 Å². The van der Waals surface area contributed by atoms with Crippen LogP contribution in [0.2, 0.25) is 0 Å². The molecule has 1 unspecified atom stereocenters. The maximum atomic E-state index is 10.1. The van der Waals surface area contributed by atoms with Crippen molar-refractivity contribution in [3.63, 3.8) is 0 Å². The quantitative estimate of drug-likeness (QED) is 0.577.